The summed E-state index contributed by atoms with van der Waals surface area (Å²) in [6, 6.07) is 0. The molecule has 76 valence electrons. The second-order valence-electron chi connectivity index (χ2n) is 3.35. The third kappa shape index (κ3) is 4.27. The van der Waals surface area contributed by atoms with E-state index in [0.29, 0.717) is 19.1 Å². The zero-order chi connectivity index (χ0) is 9.52. The molecule has 1 unspecified atom stereocenters. The first-order valence-corrected chi connectivity index (χ1v) is 5.10. The van der Waals surface area contributed by atoms with E-state index >= 15 is 0 Å². The van der Waals surface area contributed by atoms with Crippen LogP contribution in [0.1, 0.15) is 39.0 Å². The van der Waals surface area contributed by atoms with Gasteiger partial charge in [-0.05, 0) is 19.3 Å². The van der Waals surface area contributed by atoms with Crippen LogP contribution in [0.3, 0.4) is 0 Å². The average Bonchev–Trinajstić information content (AvgIpc) is 2.19. The molecule has 0 aromatic heterocycles. The number of carbonyl (C=O) groups is 1. The Balaban J connectivity index is 2.01. The summed E-state index contributed by atoms with van der Waals surface area (Å²) >= 11 is 0. The maximum absolute atomic E-state index is 10.8. The maximum Gasteiger partial charge on any atom is 0.305 e. The Bertz CT molecular complexity index is 150. The van der Waals surface area contributed by atoms with Crippen molar-refractivity contribution in [3.63, 3.8) is 0 Å². The van der Waals surface area contributed by atoms with E-state index in [-0.39, 0.29) is 5.97 Å². The lowest BCUT2D eigenvalue weighted by Gasteiger charge is -2.22. The molecule has 0 amide bonds. The SMILES string of the molecule is CCC(=O)OCCC1CCCCO1. The smallest absolute Gasteiger partial charge is 0.305 e. The van der Waals surface area contributed by atoms with Crippen molar-refractivity contribution >= 4 is 5.97 Å². The van der Waals surface area contributed by atoms with Crippen LogP contribution < -0.4 is 0 Å². The van der Waals surface area contributed by atoms with Crippen LogP contribution in [-0.2, 0) is 14.3 Å². The molecule has 0 saturated carbocycles. The van der Waals surface area contributed by atoms with E-state index in [1.165, 1.54) is 12.8 Å². The number of carbonyl (C=O) groups excluding carboxylic acids is 1. The molecule has 0 radical (unpaired) electrons. The number of esters is 1. The van der Waals surface area contributed by atoms with Crippen LogP contribution in [-0.4, -0.2) is 25.3 Å². The molecule has 0 aromatic carbocycles. The fourth-order valence-electron chi connectivity index (χ4n) is 1.44. The van der Waals surface area contributed by atoms with Crippen molar-refractivity contribution in [2.45, 2.75) is 45.1 Å². The van der Waals surface area contributed by atoms with Crippen molar-refractivity contribution in [2.75, 3.05) is 13.2 Å². The topological polar surface area (TPSA) is 35.5 Å². The van der Waals surface area contributed by atoms with Gasteiger partial charge in [-0.3, -0.25) is 4.79 Å². The molecular weight excluding hydrogens is 168 g/mol. The van der Waals surface area contributed by atoms with Crippen LogP contribution in [0.5, 0.6) is 0 Å². The van der Waals surface area contributed by atoms with E-state index in [1.54, 1.807) is 6.92 Å². The monoisotopic (exact) mass is 186 g/mol. The molecule has 13 heavy (non-hydrogen) atoms. The van der Waals surface area contributed by atoms with Gasteiger partial charge in [-0.1, -0.05) is 6.92 Å². The van der Waals surface area contributed by atoms with E-state index in [2.05, 4.69) is 0 Å². The second kappa shape index (κ2) is 5.97. The summed E-state index contributed by atoms with van der Waals surface area (Å²) in [6.07, 6.45) is 5.16. The Kier molecular flexibility index (Phi) is 4.83. The highest BCUT2D eigenvalue weighted by molar-refractivity contribution is 5.68. The number of hydrogen-bond acceptors (Lipinski definition) is 3. The van der Waals surface area contributed by atoms with Crippen molar-refractivity contribution in [3.8, 4) is 0 Å². The third-order valence-electron chi connectivity index (χ3n) is 2.27. The lowest BCUT2D eigenvalue weighted by Crippen LogP contribution is -2.21. The molecule has 1 aliphatic rings. The first kappa shape index (κ1) is 10.5. The van der Waals surface area contributed by atoms with Crippen LogP contribution in [0.4, 0.5) is 0 Å². The summed E-state index contributed by atoms with van der Waals surface area (Å²) in [7, 11) is 0. The largest absolute Gasteiger partial charge is 0.466 e. The van der Waals surface area contributed by atoms with Crippen LogP contribution >= 0.6 is 0 Å². The van der Waals surface area contributed by atoms with Gasteiger partial charge in [0.15, 0.2) is 0 Å². The van der Waals surface area contributed by atoms with Gasteiger partial charge < -0.3 is 9.47 Å². The normalized spacial score (nSPS) is 22.7. The summed E-state index contributed by atoms with van der Waals surface area (Å²) in [5, 5.41) is 0. The van der Waals surface area contributed by atoms with Gasteiger partial charge in [0.1, 0.15) is 0 Å². The minimum atomic E-state index is -0.115. The minimum Gasteiger partial charge on any atom is -0.466 e. The fraction of sp³-hybridized carbons (Fsp3) is 0.900. The van der Waals surface area contributed by atoms with Gasteiger partial charge in [0, 0.05) is 19.4 Å². The summed E-state index contributed by atoms with van der Waals surface area (Å²) in [5.41, 5.74) is 0. The number of ether oxygens (including phenoxy) is 2. The molecule has 1 saturated heterocycles. The summed E-state index contributed by atoms with van der Waals surface area (Å²) in [6.45, 7) is 3.18. The molecule has 0 spiro atoms. The zero-order valence-corrected chi connectivity index (χ0v) is 8.25. The Morgan fingerprint density at radius 1 is 1.54 bits per heavy atom. The van der Waals surface area contributed by atoms with E-state index in [1.807, 2.05) is 0 Å². The lowest BCUT2D eigenvalue weighted by molar-refractivity contribution is -0.144. The molecule has 0 N–H and O–H groups in total. The predicted octanol–water partition coefficient (Wildman–Crippen LogP) is 1.90. The molecule has 3 heteroatoms. The van der Waals surface area contributed by atoms with Crippen molar-refractivity contribution in [1.29, 1.82) is 0 Å². The van der Waals surface area contributed by atoms with Gasteiger partial charge in [0.05, 0.1) is 12.7 Å². The highest BCUT2D eigenvalue weighted by atomic mass is 16.5. The lowest BCUT2D eigenvalue weighted by atomic mass is 10.1. The molecule has 1 fully saturated rings. The molecule has 1 aliphatic heterocycles. The first-order valence-electron chi connectivity index (χ1n) is 5.10. The second-order valence-corrected chi connectivity index (χ2v) is 3.35. The maximum atomic E-state index is 10.8. The molecular formula is C10H18O3. The molecule has 0 aliphatic carbocycles. The minimum absolute atomic E-state index is 0.115. The summed E-state index contributed by atoms with van der Waals surface area (Å²) in [4.78, 5) is 10.8. The van der Waals surface area contributed by atoms with Crippen LogP contribution in [0.15, 0.2) is 0 Å². The van der Waals surface area contributed by atoms with Crippen molar-refractivity contribution in [1.82, 2.24) is 0 Å². The predicted molar refractivity (Wildman–Crippen MR) is 49.5 cm³/mol. The van der Waals surface area contributed by atoms with Gasteiger partial charge in [0.2, 0.25) is 0 Å². The van der Waals surface area contributed by atoms with E-state index < -0.39 is 0 Å². The van der Waals surface area contributed by atoms with Crippen LogP contribution in [0, 0.1) is 0 Å². The average molecular weight is 186 g/mol. The number of rotatable bonds is 4. The number of hydrogen-bond donors (Lipinski definition) is 0. The van der Waals surface area contributed by atoms with Crippen molar-refractivity contribution < 1.29 is 14.3 Å². The standard InChI is InChI=1S/C10H18O3/c1-2-10(11)13-8-6-9-5-3-4-7-12-9/h9H,2-8H2,1H3. The third-order valence-corrected chi connectivity index (χ3v) is 2.27. The van der Waals surface area contributed by atoms with Crippen LogP contribution in [0.25, 0.3) is 0 Å². The fourth-order valence-corrected chi connectivity index (χ4v) is 1.44. The Morgan fingerprint density at radius 3 is 3.00 bits per heavy atom. The molecule has 3 nitrogen and oxygen atoms in total. The zero-order valence-electron chi connectivity index (χ0n) is 8.25. The van der Waals surface area contributed by atoms with Gasteiger partial charge >= 0.3 is 5.97 Å². The molecule has 1 atom stereocenters. The molecule has 0 bridgehead atoms. The van der Waals surface area contributed by atoms with Gasteiger partial charge in [0.25, 0.3) is 0 Å². The molecule has 0 aromatic rings. The van der Waals surface area contributed by atoms with Gasteiger partial charge in [-0.15, -0.1) is 0 Å². The van der Waals surface area contributed by atoms with E-state index in [4.69, 9.17) is 9.47 Å². The van der Waals surface area contributed by atoms with Gasteiger partial charge in [-0.25, -0.2) is 0 Å². The Morgan fingerprint density at radius 2 is 2.38 bits per heavy atom. The molecule has 1 heterocycles. The van der Waals surface area contributed by atoms with Crippen molar-refractivity contribution in [2.24, 2.45) is 0 Å². The van der Waals surface area contributed by atoms with Crippen molar-refractivity contribution in [3.05, 3.63) is 0 Å². The Labute approximate surface area is 79.4 Å². The summed E-state index contributed by atoms with van der Waals surface area (Å²) in [5.74, 6) is -0.115. The highest BCUT2D eigenvalue weighted by Crippen LogP contribution is 2.15. The highest BCUT2D eigenvalue weighted by Gasteiger charge is 2.13. The van der Waals surface area contributed by atoms with E-state index in [9.17, 15) is 4.79 Å². The van der Waals surface area contributed by atoms with Gasteiger partial charge in [-0.2, -0.15) is 0 Å². The first-order chi connectivity index (χ1) is 6.33. The van der Waals surface area contributed by atoms with E-state index in [0.717, 1.165) is 19.4 Å². The Hall–Kier alpha value is -0.570. The molecule has 1 rings (SSSR count). The van der Waals surface area contributed by atoms with Crippen LogP contribution in [0.2, 0.25) is 0 Å². The quantitative estimate of drug-likeness (QED) is 0.629. The summed E-state index contributed by atoms with van der Waals surface area (Å²) < 4.78 is 10.5.